The molecule has 3 rings (SSSR count). The van der Waals surface area contributed by atoms with E-state index in [1.165, 1.54) is 32.8 Å². The van der Waals surface area contributed by atoms with Gasteiger partial charge in [0.15, 0.2) is 0 Å². The second-order valence-corrected chi connectivity index (χ2v) is 8.77. The van der Waals surface area contributed by atoms with Gasteiger partial charge in [-0.3, -0.25) is 4.98 Å². The van der Waals surface area contributed by atoms with Gasteiger partial charge in [-0.15, -0.1) is 11.8 Å². The molecule has 0 fully saturated rings. The number of allylic oxidation sites excluding steroid dienone is 5. The van der Waals surface area contributed by atoms with Crippen LogP contribution in [0.5, 0.6) is 0 Å². The number of benzene rings is 1. The van der Waals surface area contributed by atoms with Crippen LogP contribution in [0.4, 0.5) is 0 Å². The molecule has 3 aromatic rings. The first-order chi connectivity index (χ1) is 16.1. The van der Waals surface area contributed by atoms with E-state index in [-0.39, 0.29) is 0 Å². The van der Waals surface area contributed by atoms with Crippen LogP contribution in [0.2, 0.25) is 0 Å². The van der Waals surface area contributed by atoms with Crippen molar-refractivity contribution in [1.29, 1.82) is 0 Å². The summed E-state index contributed by atoms with van der Waals surface area (Å²) in [5, 5.41) is 0. The van der Waals surface area contributed by atoms with E-state index in [2.05, 4.69) is 87.5 Å². The largest absolute Gasteiger partial charge is 0.255 e. The molecule has 0 saturated heterocycles. The molecule has 0 aliphatic heterocycles. The van der Waals surface area contributed by atoms with Gasteiger partial charge in [0.05, 0.1) is 17.1 Å². The Kier molecular flexibility index (Phi) is 9.26. The van der Waals surface area contributed by atoms with E-state index in [0.717, 1.165) is 36.3 Å². The maximum absolute atomic E-state index is 5.08. The van der Waals surface area contributed by atoms with Gasteiger partial charge in [0.25, 0.3) is 0 Å². The molecule has 0 radical (unpaired) electrons. The molecule has 33 heavy (non-hydrogen) atoms. The van der Waals surface area contributed by atoms with Crippen LogP contribution in [0.3, 0.4) is 0 Å². The molecule has 2 aromatic heterocycles. The zero-order valence-corrected chi connectivity index (χ0v) is 21.2. The van der Waals surface area contributed by atoms with Gasteiger partial charge < -0.3 is 0 Å². The topological polar surface area (TPSA) is 25.8 Å². The third kappa shape index (κ3) is 5.91. The van der Waals surface area contributed by atoms with Crippen LogP contribution in [-0.4, -0.2) is 16.2 Å². The van der Waals surface area contributed by atoms with E-state index in [4.69, 9.17) is 4.98 Å². The fraction of sp³-hybridized carbons (Fsp3) is 0.267. The minimum Gasteiger partial charge on any atom is -0.255 e. The fourth-order valence-electron chi connectivity index (χ4n) is 4.12. The number of nitrogens with zero attached hydrogens (tertiary/aromatic N) is 2. The van der Waals surface area contributed by atoms with Crippen molar-refractivity contribution >= 4 is 22.2 Å². The molecule has 0 bridgehead atoms. The summed E-state index contributed by atoms with van der Waals surface area (Å²) in [6.07, 6.45) is 9.47. The van der Waals surface area contributed by atoms with Gasteiger partial charge in [0.1, 0.15) is 0 Å². The van der Waals surface area contributed by atoms with E-state index >= 15 is 0 Å². The number of hydrogen-bond acceptors (Lipinski definition) is 3. The summed E-state index contributed by atoms with van der Waals surface area (Å²) in [5.41, 5.74) is 9.44. The van der Waals surface area contributed by atoms with Gasteiger partial charge in [-0.2, -0.15) is 0 Å². The summed E-state index contributed by atoms with van der Waals surface area (Å²) in [7, 11) is 0. The van der Waals surface area contributed by atoms with Gasteiger partial charge in [0, 0.05) is 16.7 Å². The zero-order chi connectivity index (χ0) is 23.6. The molecule has 3 heteroatoms. The maximum Gasteiger partial charge on any atom is 0.0893 e. The van der Waals surface area contributed by atoms with E-state index in [1.54, 1.807) is 11.8 Å². The first-order valence-corrected chi connectivity index (χ1v) is 12.9. The molecule has 170 valence electrons. The lowest BCUT2D eigenvalue weighted by molar-refractivity contribution is 0.850. The monoisotopic (exact) mass is 454 g/mol. The van der Waals surface area contributed by atoms with Gasteiger partial charge in [-0.1, -0.05) is 74.4 Å². The Balaban J connectivity index is 2.36. The highest BCUT2D eigenvalue weighted by Gasteiger charge is 2.20. The highest BCUT2D eigenvalue weighted by Crippen LogP contribution is 2.42. The molecule has 1 aromatic carbocycles. The van der Waals surface area contributed by atoms with Crippen molar-refractivity contribution in [1.82, 2.24) is 9.97 Å². The Hall–Kier alpha value is -2.91. The smallest absolute Gasteiger partial charge is 0.0893 e. The van der Waals surface area contributed by atoms with Gasteiger partial charge >= 0.3 is 0 Å². The predicted molar refractivity (Wildman–Crippen MR) is 146 cm³/mol. The molecule has 2 nitrogen and oxygen atoms in total. The van der Waals surface area contributed by atoms with Crippen LogP contribution in [0.1, 0.15) is 58.2 Å². The van der Waals surface area contributed by atoms with E-state index in [9.17, 15) is 0 Å². The second kappa shape index (κ2) is 12.4. The van der Waals surface area contributed by atoms with Gasteiger partial charge in [-0.05, 0) is 73.9 Å². The number of aromatic nitrogens is 2. The summed E-state index contributed by atoms with van der Waals surface area (Å²) in [6.45, 7) is 8.90. The van der Waals surface area contributed by atoms with Crippen molar-refractivity contribution in [2.45, 2.75) is 47.0 Å². The average Bonchev–Trinajstić information content (AvgIpc) is 2.88. The first kappa shape index (κ1) is 24.7. The third-order valence-corrected chi connectivity index (χ3v) is 6.63. The summed E-state index contributed by atoms with van der Waals surface area (Å²) >= 11 is 1.77. The summed E-state index contributed by atoms with van der Waals surface area (Å²) in [6, 6.07) is 23.0. The predicted octanol–water partition coefficient (Wildman–Crippen LogP) is 8.85. The Morgan fingerprint density at radius 1 is 0.909 bits per heavy atom. The van der Waals surface area contributed by atoms with Crippen LogP contribution < -0.4 is 0 Å². The molecular weight excluding hydrogens is 420 g/mol. The average molecular weight is 455 g/mol. The van der Waals surface area contributed by atoms with Crippen LogP contribution in [-0.2, 0) is 0 Å². The molecule has 0 atom stereocenters. The third-order valence-electron chi connectivity index (χ3n) is 5.81. The van der Waals surface area contributed by atoms with Crippen molar-refractivity contribution in [3.8, 4) is 11.4 Å². The maximum atomic E-state index is 5.08. The molecular formula is C30H34N2S. The number of pyridine rings is 2. The number of rotatable bonds is 9. The first-order valence-electron chi connectivity index (χ1n) is 11.7. The van der Waals surface area contributed by atoms with E-state index < -0.39 is 0 Å². The van der Waals surface area contributed by atoms with Crippen molar-refractivity contribution in [2.75, 3.05) is 6.26 Å². The minimum absolute atomic E-state index is 0.890. The van der Waals surface area contributed by atoms with Crippen molar-refractivity contribution < 1.29 is 0 Å². The Morgan fingerprint density at radius 2 is 1.64 bits per heavy atom. The standard InChI is InChI=1S/C30H34N2S/c1-6-15-23(8-3)28(22(4)7-2)29(24-16-10-9-11-17-24)30(33-5)27-20-14-19-26(32-27)25-18-12-13-21-31-25/h7,9-14,16-21H,6,8,15H2,1-5H3/b22-7+,28-23-,30-29-. The SMILES string of the molecule is C/C=C(C)/C(=C(\CC)CCC)C(=C(\SC)c1cccc(-c2ccccn2)n1)/c1ccccc1. The molecule has 2 heterocycles. The molecule has 0 amide bonds. The molecule has 0 spiro atoms. The van der Waals surface area contributed by atoms with Crippen molar-refractivity contribution in [3.05, 3.63) is 107 Å². The van der Waals surface area contributed by atoms with Crippen LogP contribution >= 0.6 is 11.8 Å². The number of thioether (sulfide) groups is 1. The lowest BCUT2D eigenvalue weighted by Gasteiger charge is -2.22. The summed E-state index contributed by atoms with van der Waals surface area (Å²) < 4.78 is 0. The van der Waals surface area contributed by atoms with E-state index in [0.29, 0.717) is 0 Å². The molecule has 0 saturated carbocycles. The highest BCUT2D eigenvalue weighted by atomic mass is 32.2. The van der Waals surface area contributed by atoms with Crippen molar-refractivity contribution in [2.24, 2.45) is 0 Å². The van der Waals surface area contributed by atoms with Crippen LogP contribution in [0.15, 0.2) is 95.7 Å². The second-order valence-electron chi connectivity index (χ2n) is 7.95. The van der Waals surface area contributed by atoms with Gasteiger partial charge in [0.2, 0.25) is 0 Å². The Morgan fingerprint density at radius 3 is 2.24 bits per heavy atom. The highest BCUT2D eigenvalue weighted by molar-refractivity contribution is 8.07. The van der Waals surface area contributed by atoms with Crippen LogP contribution in [0, 0.1) is 0 Å². The van der Waals surface area contributed by atoms with Crippen LogP contribution in [0.25, 0.3) is 21.9 Å². The number of hydrogen-bond donors (Lipinski definition) is 0. The lowest BCUT2D eigenvalue weighted by atomic mass is 9.85. The Bertz CT molecular complexity index is 1140. The minimum atomic E-state index is 0.890. The lowest BCUT2D eigenvalue weighted by Crippen LogP contribution is -2.02. The van der Waals surface area contributed by atoms with Gasteiger partial charge in [-0.25, -0.2) is 4.98 Å². The summed E-state index contributed by atoms with van der Waals surface area (Å²) in [4.78, 5) is 10.8. The van der Waals surface area contributed by atoms with E-state index in [1.807, 2.05) is 30.5 Å². The Labute approximate surface area is 203 Å². The normalized spacial score (nSPS) is 13.4. The summed E-state index contributed by atoms with van der Waals surface area (Å²) in [5.74, 6) is 0. The zero-order valence-electron chi connectivity index (χ0n) is 20.4. The fourth-order valence-corrected chi connectivity index (χ4v) is 4.87. The molecule has 0 N–H and O–H groups in total. The van der Waals surface area contributed by atoms with Crippen molar-refractivity contribution in [3.63, 3.8) is 0 Å². The quantitative estimate of drug-likeness (QED) is 0.302. The molecule has 0 aliphatic rings. The molecule has 0 unspecified atom stereocenters. The molecule has 0 aliphatic carbocycles.